The highest BCUT2D eigenvalue weighted by atomic mass is 16.1. The molecule has 0 saturated carbocycles. The van der Waals surface area contributed by atoms with Crippen molar-refractivity contribution >= 4 is 80.9 Å². The Bertz CT molecular complexity index is 6480. The number of nitrogens with two attached hydrogens (primary N) is 1. The summed E-state index contributed by atoms with van der Waals surface area (Å²) in [5, 5.41) is 0. The summed E-state index contributed by atoms with van der Waals surface area (Å²) in [5.41, 5.74) is 30.8. The van der Waals surface area contributed by atoms with Gasteiger partial charge in [-0.2, -0.15) is 0 Å². The number of aryl methyl sites for hydroxylation is 7. The average molecular weight is 1690 g/mol. The van der Waals surface area contributed by atoms with Gasteiger partial charge < -0.3 is 14.9 Å². The van der Waals surface area contributed by atoms with Crippen LogP contribution < -0.4 is 5.73 Å². The lowest BCUT2D eigenvalue weighted by molar-refractivity contribution is -0.112. The van der Waals surface area contributed by atoms with Crippen molar-refractivity contribution in [2.75, 3.05) is 0 Å². The van der Waals surface area contributed by atoms with Crippen molar-refractivity contribution in [1.82, 2.24) is 53.6 Å². The lowest BCUT2D eigenvalue weighted by Gasteiger charge is -2.14. The first kappa shape index (κ1) is 87.7. The molecular formula is C110H99N17O2. The largest absolute Gasteiger partial charge is 0.364 e. The summed E-state index contributed by atoms with van der Waals surface area (Å²) in [7, 11) is 4.03. The molecule has 0 bridgehead atoms. The molecular weight excluding hydrogens is 1590 g/mol. The standard InChI is InChI=1S/C21H18N2O.C20H19N5.C18H18N4O.C17H16N2.2C17H14N2/c24-21-14-16-8-4-5-9-18(16)23-20(21)13-11-17-10-12-19(22-17)15-6-2-1-3-7-15;1-24-14-18(16-6-3-2-4-7-16)23-19(24)11-10-17-8-5-9-20(22-17)25-13-12-21-15-25;1-22-12-16(13-6-3-2-4-7-13)21-17(22)11-10-14-8-5-9-15(20-14)18(19)23;3*1-2-6-14(7-3-1)17-12-11-16(19-17)10-9-15-8-4-5-13-18-15/h1-9,12H,10-11,13-14H2;2-9,12-15H,10-11H2,1H3;2-9,12H,10-11H2,1H3,(H2,19,23);1-8,12-13H,9-11H2;2*1-10,12-13H,11H2/b;;;;10-9+;. The van der Waals surface area contributed by atoms with E-state index in [0.717, 1.165) is 189 Å². The fourth-order valence-corrected chi connectivity index (χ4v) is 14.7. The lowest BCUT2D eigenvalue weighted by atomic mass is 9.97. The summed E-state index contributed by atoms with van der Waals surface area (Å²) in [6.07, 6.45) is 42.4. The summed E-state index contributed by atoms with van der Waals surface area (Å²) in [6.45, 7) is 0. The second-order valence-corrected chi connectivity index (χ2v) is 30.9. The fraction of sp³-hybridized carbons (Fsp3) is 0.136. The number of pyridine rings is 5. The summed E-state index contributed by atoms with van der Waals surface area (Å²) in [4.78, 5) is 82.1. The van der Waals surface area contributed by atoms with Gasteiger partial charge in [-0.05, 0) is 157 Å². The van der Waals surface area contributed by atoms with Gasteiger partial charge >= 0.3 is 0 Å². The fourth-order valence-electron chi connectivity index (χ4n) is 14.7. The van der Waals surface area contributed by atoms with E-state index < -0.39 is 5.91 Å². The van der Waals surface area contributed by atoms with Crippen molar-refractivity contribution in [1.29, 1.82) is 0 Å². The molecule has 19 nitrogen and oxygen atoms in total. The summed E-state index contributed by atoms with van der Waals surface area (Å²) in [6, 6.07) is 98.5. The molecule has 1 amide bonds. The molecule has 0 spiro atoms. The van der Waals surface area contributed by atoms with E-state index in [9.17, 15) is 9.59 Å². The second kappa shape index (κ2) is 45.5. The zero-order chi connectivity index (χ0) is 88.4. The van der Waals surface area contributed by atoms with Crippen molar-refractivity contribution in [2.24, 2.45) is 44.8 Å². The van der Waals surface area contributed by atoms with E-state index in [2.05, 4.69) is 160 Å². The first-order valence-corrected chi connectivity index (χ1v) is 43.4. The van der Waals surface area contributed by atoms with Crippen molar-refractivity contribution in [3.05, 3.63) is 457 Å². The topological polar surface area (TPSA) is 240 Å². The van der Waals surface area contributed by atoms with Crippen LogP contribution in [0.2, 0.25) is 0 Å². The SMILES string of the molecule is C(=Cc1ccccn1)C1=NC(c2ccccc2)=CC1.C1=C(c2ccccc2)N=C(/C=C/c2ccccn2)C1.C1=C(c2ccccc2)N=C(CCc2ccccn2)C1.Cn1cc(-c2ccccc2)nc1CCc1cccc(-n2ccnc2)n1.Cn1cc(-c2ccccc2)nc1CCc1cccc(C(N)=O)n1.O=C1Cc2ccccc2N=C1CCC1=NC(c2ccccc2)=CC1. The zero-order valence-electron chi connectivity index (χ0n) is 72.3. The van der Waals surface area contributed by atoms with Crippen molar-refractivity contribution in [3.63, 3.8) is 0 Å². The second-order valence-electron chi connectivity index (χ2n) is 30.9. The van der Waals surface area contributed by atoms with Gasteiger partial charge in [0.25, 0.3) is 5.91 Å². The first-order chi connectivity index (χ1) is 63.5. The van der Waals surface area contributed by atoms with E-state index in [1.165, 1.54) is 22.4 Å². The molecule has 0 atom stereocenters. The molecule has 19 heteroatoms. The van der Waals surface area contributed by atoms with Crippen LogP contribution in [0, 0.1) is 0 Å². The average Bonchev–Trinajstić information content (AvgIpc) is 1.50. The number of Topliss-reactive ketones (excluding diaryl/α,β-unsaturated/α-hetero) is 1. The van der Waals surface area contributed by atoms with Gasteiger partial charge in [0.05, 0.1) is 57.0 Å². The number of hydrogen-bond acceptors (Lipinski definition) is 15. The Labute approximate surface area is 753 Å². The number of amides is 1. The molecule has 636 valence electrons. The Morgan fingerprint density at radius 1 is 0.364 bits per heavy atom. The number of aliphatic imine (C=N–C) groups is 5. The minimum absolute atomic E-state index is 0.142. The highest BCUT2D eigenvalue weighted by Gasteiger charge is 2.22. The number of para-hydroxylation sites is 1. The van der Waals surface area contributed by atoms with E-state index in [0.29, 0.717) is 30.7 Å². The van der Waals surface area contributed by atoms with E-state index in [-0.39, 0.29) is 5.78 Å². The lowest BCUT2D eigenvalue weighted by Crippen LogP contribution is -2.20. The third kappa shape index (κ3) is 26.0. The van der Waals surface area contributed by atoms with Crippen LogP contribution in [0.3, 0.4) is 0 Å². The summed E-state index contributed by atoms with van der Waals surface area (Å²) in [5.74, 6) is 2.57. The maximum atomic E-state index is 12.3. The Hall–Kier alpha value is -16.2. The Kier molecular flexibility index (Phi) is 30.9. The molecule has 7 aromatic carbocycles. The molecule has 129 heavy (non-hydrogen) atoms. The molecule has 5 aliphatic heterocycles. The number of aromatic nitrogens is 11. The molecule has 15 aromatic rings. The van der Waals surface area contributed by atoms with Gasteiger partial charge in [0, 0.05) is 153 Å². The Morgan fingerprint density at radius 2 is 0.783 bits per heavy atom. The van der Waals surface area contributed by atoms with Gasteiger partial charge in [0.2, 0.25) is 0 Å². The van der Waals surface area contributed by atoms with Crippen LogP contribution in [0.4, 0.5) is 5.69 Å². The van der Waals surface area contributed by atoms with Crippen LogP contribution in [0.15, 0.2) is 408 Å². The van der Waals surface area contributed by atoms with E-state index in [1.54, 1.807) is 37.1 Å². The molecule has 2 N–H and O–H groups in total. The normalized spacial score (nSPS) is 13.4. The van der Waals surface area contributed by atoms with Gasteiger partial charge in [-0.1, -0.05) is 255 Å². The van der Waals surface area contributed by atoms with Crippen molar-refractivity contribution in [3.8, 4) is 28.3 Å². The van der Waals surface area contributed by atoms with Gasteiger partial charge in [0.15, 0.2) is 5.78 Å². The number of primary amides is 1. The quantitative estimate of drug-likeness (QED) is 0.0600. The molecule has 8 aromatic heterocycles. The molecule has 0 unspecified atom stereocenters. The number of benzene rings is 7. The van der Waals surface area contributed by atoms with Gasteiger partial charge in [-0.3, -0.25) is 49.1 Å². The molecule has 0 fully saturated rings. The third-order valence-electron chi connectivity index (χ3n) is 21.6. The first-order valence-electron chi connectivity index (χ1n) is 43.4. The van der Waals surface area contributed by atoms with Crippen LogP contribution in [0.5, 0.6) is 0 Å². The van der Waals surface area contributed by atoms with Crippen LogP contribution >= 0.6 is 0 Å². The molecule has 13 heterocycles. The van der Waals surface area contributed by atoms with E-state index >= 15 is 0 Å². The maximum Gasteiger partial charge on any atom is 0.267 e. The van der Waals surface area contributed by atoms with Crippen LogP contribution in [-0.2, 0) is 57.4 Å². The van der Waals surface area contributed by atoms with Crippen molar-refractivity contribution < 1.29 is 9.59 Å². The van der Waals surface area contributed by atoms with Gasteiger partial charge in [-0.15, -0.1) is 0 Å². The Balaban J connectivity index is 0.000000119. The smallest absolute Gasteiger partial charge is 0.267 e. The number of hydrogen-bond donors (Lipinski definition) is 1. The molecule has 0 aliphatic carbocycles. The highest BCUT2D eigenvalue weighted by Crippen LogP contribution is 2.31. The summed E-state index contributed by atoms with van der Waals surface area (Å²) < 4.78 is 6.04. The van der Waals surface area contributed by atoms with Gasteiger partial charge in [0.1, 0.15) is 29.5 Å². The number of ketones is 1. The van der Waals surface area contributed by atoms with Crippen LogP contribution in [0.25, 0.3) is 63.3 Å². The van der Waals surface area contributed by atoms with Crippen molar-refractivity contribution in [2.45, 2.75) is 83.5 Å². The van der Waals surface area contributed by atoms with Crippen LogP contribution in [0.1, 0.15) is 123 Å². The molecule has 0 saturated heterocycles. The zero-order valence-corrected chi connectivity index (χ0v) is 72.3. The molecule has 5 aliphatic rings. The number of rotatable bonds is 24. The number of nitrogens with zero attached hydrogens (tertiary/aromatic N) is 16. The highest BCUT2D eigenvalue weighted by molar-refractivity contribution is 6.42. The number of imidazole rings is 3. The predicted octanol–water partition coefficient (Wildman–Crippen LogP) is 22.2. The minimum Gasteiger partial charge on any atom is -0.364 e. The van der Waals surface area contributed by atoms with E-state index in [1.807, 2.05) is 266 Å². The third-order valence-corrected chi connectivity index (χ3v) is 21.6. The number of fused-ring (bicyclic) bond motifs is 1. The number of carbonyl (C=O) groups is 2. The van der Waals surface area contributed by atoms with Crippen LogP contribution in [-0.4, -0.2) is 93.8 Å². The number of allylic oxidation sites excluding steroid dienone is 6. The molecule has 0 radical (unpaired) electrons. The minimum atomic E-state index is -0.504. The van der Waals surface area contributed by atoms with E-state index in [4.69, 9.17) is 30.7 Å². The molecule has 20 rings (SSSR count). The monoisotopic (exact) mass is 1690 g/mol. The number of carbonyl (C=O) groups excluding carboxylic acids is 2. The maximum absolute atomic E-state index is 12.3. The van der Waals surface area contributed by atoms with Gasteiger partial charge in [-0.25, -0.2) is 29.9 Å². The summed E-state index contributed by atoms with van der Waals surface area (Å²) >= 11 is 0. The Morgan fingerprint density at radius 3 is 1.25 bits per heavy atom. The predicted molar refractivity (Wildman–Crippen MR) is 523 cm³/mol.